The summed E-state index contributed by atoms with van der Waals surface area (Å²) in [6.07, 6.45) is 14.1. The molecule has 0 aromatic heterocycles. The van der Waals surface area contributed by atoms with Gasteiger partial charge in [0.1, 0.15) is 0 Å². The van der Waals surface area contributed by atoms with Crippen LogP contribution in [0.25, 0.3) is 18.2 Å². The minimum atomic E-state index is 1.19. The molecule has 0 radical (unpaired) electrons. The minimum Gasteiger partial charge on any atom is -0.0991 e. The SMILES string of the molecule is C=CC=Cc1ccccc1C=CC=Cc1ccccc1. The lowest BCUT2D eigenvalue weighted by Crippen LogP contribution is -1.78. The Kier molecular flexibility index (Phi) is 5.36. The van der Waals surface area contributed by atoms with Crippen molar-refractivity contribution in [3.05, 3.63) is 102 Å². The normalized spacial score (nSPS) is 11.6. The zero-order valence-electron chi connectivity index (χ0n) is 11.4. The maximum atomic E-state index is 3.70. The standard InChI is InChI=1S/C20H18/c1-2-3-14-19-16-9-10-17-20(19)15-8-7-13-18-11-5-4-6-12-18/h2-17H,1H2. The van der Waals surface area contributed by atoms with Gasteiger partial charge in [-0.1, -0.05) is 104 Å². The van der Waals surface area contributed by atoms with Gasteiger partial charge in [0.05, 0.1) is 0 Å². The quantitative estimate of drug-likeness (QED) is 0.611. The molecule has 98 valence electrons. The fraction of sp³-hybridized carbons (Fsp3) is 0. The number of allylic oxidation sites excluding steroid dienone is 4. The highest BCUT2D eigenvalue weighted by molar-refractivity contribution is 5.67. The van der Waals surface area contributed by atoms with Crippen LogP contribution in [-0.2, 0) is 0 Å². The summed E-state index contributed by atoms with van der Waals surface area (Å²) in [7, 11) is 0. The van der Waals surface area contributed by atoms with Crippen molar-refractivity contribution < 1.29 is 0 Å². The monoisotopic (exact) mass is 258 g/mol. The molecule has 0 saturated carbocycles. The van der Waals surface area contributed by atoms with Crippen molar-refractivity contribution in [3.63, 3.8) is 0 Å². The highest BCUT2D eigenvalue weighted by Gasteiger charge is 1.92. The van der Waals surface area contributed by atoms with E-state index >= 15 is 0 Å². The molecule has 0 amide bonds. The first-order valence-electron chi connectivity index (χ1n) is 6.68. The molecule has 0 heterocycles. The van der Waals surface area contributed by atoms with Crippen molar-refractivity contribution >= 4 is 18.2 Å². The third kappa shape index (κ3) is 4.25. The molecule has 0 unspecified atom stereocenters. The van der Waals surface area contributed by atoms with Gasteiger partial charge in [-0.25, -0.2) is 0 Å². The summed E-state index contributed by atoms with van der Waals surface area (Å²) in [6, 6.07) is 18.6. The molecule has 2 rings (SSSR count). The molecular weight excluding hydrogens is 240 g/mol. The molecule has 0 saturated heterocycles. The first-order valence-corrected chi connectivity index (χ1v) is 6.68. The van der Waals surface area contributed by atoms with Crippen LogP contribution >= 0.6 is 0 Å². The molecule has 0 aliphatic heterocycles. The van der Waals surface area contributed by atoms with Crippen molar-refractivity contribution in [1.82, 2.24) is 0 Å². The Morgan fingerprint density at radius 2 is 1.15 bits per heavy atom. The molecule has 0 bridgehead atoms. The fourth-order valence-electron chi connectivity index (χ4n) is 1.88. The number of hydrogen-bond acceptors (Lipinski definition) is 0. The Labute approximate surface area is 121 Å². The topological polar surface area (TPSA) is 0 Å². The minimum absolute atomic E-state index is 1.19. The molecule has 0 N–H and O–H groups in total. The Morgan fingerprint density at radius 3 is 1.80 bits per heavy atom. The summed E-state index contributed by atoms with van der Waals surface area (Å²) in [5.41, 5.74) is 3.59. The lowest BCUT2D eigenvalue weighted by molar-refractivity contribution is 1.61. The summed E-state index contributed by atoms with van der Waals surface area (Å²) < 4.78 is 0. The van der Waals surface area contributed by atoms with E-state index in [-0.39, 0.29) is 0 Å². The van der Waals surface area contributed by atoms with Crippen LogP contribution in [0.3, 0.4) is 0 Å². The van der Waals surface area contributed by atoms with Gasteiger partial charge in [-0.05, 0) is 16.7 Å². The van der Waals surface area contributed by atoms with Gasteiger partial charge in [0.2, 0.25) is 0 Å². The molecule has 0 aliphatic carbocycles. The van der Waals surface area contributed by atoms with Gasteiger partial charge < -0.3 is 0 Å². The van der Waals surface area contributed by atoms with Crippen LogP contribution in [-0.4, -0.2) is 0 Å². The molecule has 20 heavy (non-hydrogen) atoms. The van der Waals surface area contributed by atoms with Gasteiger partial charge in [0, 0.05) is 0 Å². The third-order valence-electron chi connectivity index (χ3n) is 2.88. The van der Waals surface area contributed by atoms with E-state index in [1.54, 1.807) is 6.08 Å². The molecule has 2 aromatic carbocycles. The lowest BCUT2D eigenvalue weighted by atomic mass is 10.1. The van der Waals surface area contributed by atoms with E-state index < -0.39 is 0 Å². The van der Waals surface area contributed by atoms with Crippen LogP contribution < -0.4 is 0 Å². The van der Waals surface area contributed by atoms with Crippen molar-refractivity contribution in [2.75, 3.05) is 0 Å². The number of hydrogen-bond donors (Lipinski definition) is 0. The second-order valence-corrected chi connectivity index (χ2v) is 4.35. The molecule has 2 aromatic rings. The number of benzene rings is 2. The highest BCUT2D eigenvalue weighted by Crippen LogP contribution is 2.13. The third-order valence-corrected chi connectivity index (χ3v) is 2.88. The van der Waals surface area contributed by atoms with Crippen LogP contribution in [0.4, 0.5) is 0 Å². The maximum absolute atomic E-state index is 3.70. The summed E-state index contributed by atoms with van der Waals surface area (Å²) >= 11 is 0. The highest BCUT2D eigenvalue weighted by atomic mass is 14.0. The first-order chi connectivity index (χ1) is 9.90. The summed E-state index contributed by atoms with van der Waals surface area (Å²) in [6.45, 7) is 3.70. The molecular formula is C20H18. The molecule has 0 aliphatic rings. The molecule has 0 spiro atoms. The Balaban J connectivity index is 2.10. The van der Waals surface area contributed by atoms with E-state index in [1.807, 2.05) is 36.4 Å². The fourth-order valence-corrected chi connectivity index (χ4v) is 1.88. The number of rotatable bonds is 5. The van der Waals surface area contributed by atoms with Gasteiger partial charge in [-0.15, -0.1) is 0 Å². The second kappa shape index (κ2) is 7.75. The van der Waals surface area contributed by atoms with Crippen molar-refractivity contribution in [2.24, 2.45) is 0 Å². The summed E-state index contributed by atoms with van der Waals surface area (Å²) in [5.74, 6) is 0. The van der Waals surface area contributed by atoms with Gasteiger partial charge in [0.15, 0.2) is 0 Å². The van der Waals surface area contributed by atoms with Crippen LogP contribution in [0.15, 0.2) is 85.5 Å². The first kappa shape index (κ1) is 13.8. The van der Waals surface area contributed by atoms with Gasteiger partial charge >= 0.3 is 0 Å². The predicted molar refractivity (Wildman–Crippen MR) is 90.2 cm³/mol. The van der Waals surface area contributed by atoms with Gasteiger partial charge in [-0.2, -0.15) is 0 Å². The van der Waals surface area contributed by atoms with E-state index in [0.29, 0.717) is 0 Å². The molecule has 0 nitrogen and oxygen atoms in total. The van der Waals surface area contributed by atoms with E-state index in [4.69, 9.17) is 0 Å². The largest absolute Gasteiger partial charge is 0.0991 e. The zero-order valence-corrected chi connectivity index (χ0v) is 11.4. The van der Waals surface area contributed by atoms with Crippen molar-refractivity contribution in [2.45, 2.75) is 0 Å². The van der Waals surface area contributed by atoms with Crippen LogP contribution in [0.5, 0.6) is 0 Å². The predicted octanol–water partition coefficient (Wildman–Crippen LogP) is 5.61. The molecule has 0 atom stereocenters. The molecule has 0 heteroatoms. The van der Waals surface area contributed by atoms with Gasteiger partial charge in [-0.3, -0.25) is 0 Å². The lowest BCUT2D eigenvalue weighted by Gasteiger charge is -1.99. The zero-order chi connectivity index (χ0) is 14.0. The smallest absolute Gasteiger partial charge is 0.0184 e. The van der Waals surface area contributed by atoms with E-state index in [2.05, 4.69) is 61.2 Å². The Hall–Kier alpha value is -2.60. The van der Waals surface area contributed by atoms with Crippen LogP contribution in [0.2, 0.25) is 0 Å². The Bertz CT molecular complexity index is 628. The maximum Gasteiger partial charge on any atom is -0.0184 e. The van der Waals surface area contributed by atoms with Gasteiger partial charge in [0.25, 0.3) is 0 Å². The van der Waals surface area contributed by atoms with E-state index in [1.165, 1.54) is 16.7 Å². The average molecular weight is 258 g/mol. The summed E-state index contributed by atoms with van der Waals surface area (Å²) in [4.78, 5) is 0. The van der Waals surface area contributed by atoms with Crippen LogP contribution in [0.1, 0.15) is 16.7 Å². The second-order valence-electron chi connectivity index (χ2n) is 4.35. The van der Waals surface area contributed by atoms with E-state index in [9.17, 15) is 0 Å². The van der Waals surface area contributed by atoms with Crippen molar-refractivity contribution in [3.8, 4) is 0 Å². The average Bonchev–Trinajstić information content (AvgIpc) is 2.51. The molecule has 0 fully saturated rings. The Morgan fingerprint density at radius 1 is 0.600 bits per heavy atom. The van der Waals surface area contributed by atoms with Crippen molar-refractivity contribution in [1.29, 1.82) is 0 Å². The van der Waals surface area contributed by atoms with E-state index in [0.717, 1.165) is 0 Å². The van der Waals surface area contributed by atoms with Crippen LogP contribution in [0, 0.1) is 0 Å². The summed E-state index contributed by atoms with van der Waals surface area (Å²) in [5, 5.41) is 0.